The zero-order chi connectivity index (χ0) is 18.4. The van der Waals surface area contributed by atoms with Crippen LogP contribution in [0.25, 0.3) is 0 Å². The van der Waals surface area contributed by atoms with Gasteiger partial charge in [0.05, 0.1) is 12.7 Å². The molecule has 3 heterocycles. The van der Waals surface area contributed by atoms with Crippen molar-refractivity contribution in [1.82, 2.24) is 29.8 Å². The molecule has 2 saturated heterocycles. The molecule has 7 nitrogen and oxygen atoms in total. The first-order chi connectivity index (χ1) is 12.7. The molecule has 1 aromatic rings. The highest BCUT2D eigenvalue weighted by Crippen LogP contribution is 2.26. The van der Waals surface area contributed by atoms with Crippen molar-refractivity contribution in [3.05, 3.63) is 18.0 Å². The first kappa shape index (κ1) is 19.2. The van der Waals surface area contributed by atoms with Crippen molar-refractivity contribution in [2.24, 2.45) is 12.0 Å². The number of aryl methyl sites for hydroxylation is 1. The lowest BCUT2D eigenvalue weighted by Crippen LogP contribution is -2.47. The Morgan fingerprint density at radius 1 is 1.19 bits per heavy atom. The Morgan fingerprint density at radius 2 is 1.96 bits per heavy atom. The van der Waals surface area contributed by atoms with Gasteiger partial charge in [-0.2, -0.15) is 5.10 Å². The monoisotopic (exact) mass is 361 g/mol. The lowest BCUT2D eigenvalue weighted by molar-refractivity contribution is 0.140. The normalized spacial score (nSPS) is 23.0. The van der Waals surface area contributed by atoms with Crippen molar-refractivity contribution in [1.29, 1.82) is 0 Å². The fraction of sp³-hybridized carbons (Fsp3) is 0.789. The number of hydrogen-bond acceptors (Lipinski definition) is 4. The zero-order valence-electron chi connectivity index (χ0n) is 16.7. The van der Waals surface area contributed by atoms with Gasteiger partial charge in [0.2, 0.25) is 0 Å². The van der Waals surface area contributed by atoms with E-state index in [2.05, 4.69) is 45.2 Å². The molecule has 26 heavy (non-hydrogen) atoms. The van der Waals surface area contributed by atoms with E-state index in [0.29, 0.717) is 5.92 Å². The third-order valence-corrected chi connectivity index (χ3v) is 5.61. The highest BCUT2D eigenvalue weighted by atomic mass is 15.3. The van der Waals surface area contributed by atoms with E-state index in [4.69, 9.17) is 4.99 Å². The zero-order valence-corrected chi connectivity index (χ0v) is 16.7. The Labute approximate surface area is 158 Å². The van der Waals surface area contributed by atoms with Crippen LogP contribution in [0, 0.1) is 0 Å². The van der Waals surface area contributed by atoms with Crippen molar-refractivity contribution >= 4 is 5.96 Å². The van der Waals surface area contributed by atoms with Crippen LogP contribution in [0.4, 0.5) is 0 Å². The number of piperazine rings is 1. The summed E-state index contributed by atoms with van der Waals surface area (Å²) in [6, 6.07) is 0. The molecular formula is C19H35N7. The molecule has 2 fully saturated rings. The predicted octanol–water partition coefficient (Wildman–Crippen LogP) is 0.812. The quantitative estimate of drug-likeness (QED) is 0.600. The van der Waals surface area contributed by atoms with Gasteiger partial charge in [0, 0.05) is 71.5 Å². The van der Waals surface area contributed by atoms with E-state index in [0.717, 1.165) is 38.7 Å². The molecule has 0 aliphatic carbocycles. The Kier molecular flexibility index (Phi) is 6.91. The summed E-state index contributed by atoms with van der Waals surface area (Å²) < 4.78 is 1.90. The third kappa shape index (κ3) is 4.98. The summed E-state index contributed by atoms with van der Waals surface area (Å²) in [5.74, 6) is 1.64. The first-order valence-electron chi connectivity index (χ1n) is 10.2. The second-order valence-corrected chi connectivity index (χ2v) is 7.39. The molecule has 0 bridgehead atoms. The van der Waals surface area contributed by atoms with Gasteiger partial charge in [-0.3, -0.25) is 14.6 Å². The summed E-state index contributed by atoms with van der Waals surface area (Å²) in [5, 5.41) is 7.81. The summed E-state index contributed by atoms with van der Waals surface area (Å²) >= 11 is 0. The summed E-state index contributed by atoms with van der Waals surface area (Å²) in [6.07, 6.45) is 5.33. The number of likely N-dealkylation sites (tertiary alicyclic amines) is 1. The first-order valence-corrected chi connectivity index (χ1v) is 10.2. The van der Waals surface area contributed by atoms with E-state index in [1.807, 2.05) is 17.9 Å². The molecule has 2 aliphatic heterocycles. The average molecular weight is 362 g/mol. The summed E-state index contributed by atoms with van der Waals surface area (Å²) in [7, 11) is 1.99. The van der Waals surface area contributed by atoms with Crippen LogP contribution in [-0.4, -0.2) is 95.9 Å². The molecule has 0 spiro atoms. The molecule has 1 unspecified atom stereocenters. The van der Waals surface area contributed by atoms with E-state index < -0.39 is 0 Å². The summed E-state index contributed by atoms with van der Waals surface area (Å²) in [5.41, 5.74) is 1.35. The van der Waals surface area contributed by atoms with E-state index in [1.54, 1.807) is 0 Å². The molecule has 0 saturated carbocycles. The van der Waals surface area contributed by atoms with Gasteiger partial charge in [0.1, 0.15) is 0 Å². The van der Waals surface area contributed by atoms with Gasteiger partial charge >= 0.3 is 0 Å². The fourth-order valence-electron chi connectivity index (χ4n) is 3.93. The molecular weight excluding hydrogens is 326 g/mol. The van der Waals surface area contributed by atoms with Gasteiger partial charge in [0.15, 0.2) is 5.96 Å². The third-order valence-electron chi connectivity index (χ3n) is 5.61. The predicted molar refractivity (Wildman–Crippen MR) is 107 cm³/mol. The van der Waals surface area contributed by atoms with Crippen molar-refractivity contribution in [2.75, 3.05) is 65.4 Å². The van der Waals surface area contributed by atoms with Crippen LogP contribution in [0.15, 0.2) is 17.4 Å². The maximum absolute atomic E-state index is 4.92. The van der Waals surface area contributed by atoms with E-state index in [1.165, 1.54) is 44.7 Å². The highest BCUT2D eigenvalue weighted by Gasteiger charge is 2.27. The standard InChI is InChI=1S/C19H35N7/c1-4-20-19(21-7-9-25-12-10-24(5-2)11-13-25)26-8-6-17(16-26)18-14-22-23(3)15-18/h14-15,17H,4-13,16H2,1-3H3,(H,20,21). The topological polar surface area (TPSA) is 51.9 Å². The molecule has 7 heteroatoms. The Morgan fingerprint density at radius 3 is 2.62 bits per heavy atom. The Bertz CT molecular complexity index is 574. The molecule has 1 atom stereocenters. The highest BCUT2D eigenvalue weighted by molar-refractivity contribution is 5.80. The van der Waals surface area contributed by atoms with Crippen LogP contribution >= 0.6 is 0 Å². The van der Waals surface area contributed by atoms with Crippen LogP contribution in [0.1, 0.15) is 31.7 Å². The summed E-state index contributed by atoms with van der Waals surface area (Å²) in [4.78, 5) is 12.4. The van der Waals surface area contributed by atoms with E-state index in [9.17, 15) is 0 Å². The maximum Gasteiger partial charge on any atom is 0.193 e. The second-order valence-electron chi connectivity index (χ2n) is 7.39. The number of aromatic nitrogens is 2. The number of rotatable bonds is 6. The maximum atomic E-state index is 4.92. The second kappa shape index (κ2) is 9.37. The van der Waals surface area contributed by atoms with Gasteiger partial charge in [0.25, 0.3) is 0 Å². The van der Waals surface area contributed by atoms with Crippen LogP contribution in [0.5, 0.6) is 0 Å². The fourth-order valence-corrected chi connectivity index (χ4v) is 3.93. The Balaban J connectivity index is 1.49. The lowest BCUT2D eigenvalue weighted by Gasteiger charge is -2.33. The molecule has 1 aromatic heterocycles. The smallest absolute Gasteiger partial charge is 0.193 e. The minimum absolute atomic E-state index is 0.565. The van der Waals surface area contributed by atoms with Crippen molar-refractivity contribution < 1.29 is 0 Å². The SMILES string of the molecule is CCNC(=NCCN1CCN(CC)CC1)N1CCC(c2cnn(C)c2)C1. The van der Waals surface area contributed by atoms with Gasteiger partial charge in [-0.1, -0.05) is 6.92 Å². The number of aliphatic imine (C=N–C) groups is 1. The van der Waals surface area contributed by atoms with Crippen LogP contribution in [0.3, 0.4) is 0 Å². The minimum atomic E-state index is 0.565. The van der Waals surface area contributed by atoms with Gasteiger partial charge in [-0.25, -0.2) is 0 Å². The van der Waals surface area contributed by atoms with Crippen LogP contribution < -0.4 is 5.32 Å². The van der Waals surface area contributed by atoms with Gasteiger partial charge < -0.3 is 15.1 Å². The van der Waals surface area contributed by atoms with Crippen LogP contribution in [0.2, 0.25) is 0 Å². The molecule has 146 valence electrons. The molecule has 0 amide bonds. The number of guanidine groups is 1. The molecule has 2 aliphatic rings. The molecule has 1 N–H and O–H groups in total. The largest absolute Gasteiger partial charge is 0.357 e. The molecule has 3 rings (SSSR count). The number of likely N-dealkylation sites (N-methyl/N-ethyl adjacent to an activating group) is 1. The number of nitrogens with one attached hydrogen (secondary N) is 1. The van der Waals surface area contributed by atoms with Crippen molar-refractivity contribution in [3.63, 3.8) is 0 Å². The van der Waals surface area contributed by atoms with Gasteiger partial charge in [-0.05, 0) is 25.5 Å². The summed E-state index contributed by atoms with van der Waals surface area (Å²) in [6.45, 7) is 15.3. The Hall–Kier alpha value is -1.60. The van der Waals surface area contributed by atoms with Crippen molar-refractivity contribution in [3.8, 4) is 0 Å². The van der Waals surface area contributed by atoms with Crippen molar-refractivity contribution in [2.45, 2.75) is 26.2 Å². The molecule has 0 radical (unpaired) electrons. The van der Waals surface area contributed by atoms with E-state index in [-0.39, 0.29) is 0 Å². The lowest BCUT2D eigenvalue weighted by atomic mass is 10.0. The van der Waals surface area contributed by atoms with Gasteiger partial charge in [-0.15, -0.1) is 0 Å². The molecule has 0 aromatic carbocycles. The minimum Gasteiger partial charge on any atom is -0.357 e. The number of nitrogens with zero attached hydrogens (tertiary/aromatic N) is 6. The van der Waals surface area contributed by atoms with E-state index >= 15 is 0 Å². The van der Waals surface area contributed by atoms with Crippen LogP contribution in [-0.2, 0) is 7.05 Å². The number of hydrogen-bond donors (Lipinski definition) is 1. The average Bonchev–Trinajstić information content (AvgIpc) is 3.30.